The van der Waals surface area contributed by atoms with Crippen LogP contribution in [0, 0.1) is 0 Å². The zero-order valence-corrected chi connectivity index (χ0v) is 7.39. The van der Waals surface area contributed by atoms with Gasteiger partial charge in [0.2, 0.25) is 0 Å². The van der Waals surface area contributed by atoms with Crippen LogP contribution in [0.3, 0.4) is 0 Å². The molecule has 1 aromatic carbocycles. The van der Waals surface area contributed by atoms with Crippen molar-refractivity contribution >= 4 is 17.6 Å². The van der Waals surface area contributed by atoms with Gasteiger partial charge in [-0.05, 0) is 18.2 Å². The van der Waals surface area contributed by atoms with Gasteiger partial charge in [0, 0.05) is 11.6 Å². The van der Waals surface area contributed by atoms with Crippen LogP contribution in [-0.2, 0) is 0 Å². The topological polar surface area (TPSA) is 26.3 Å². The lowest BCUT2D eigenvalue weighted by Gasteiger charge is -2.10. The molecule has 76 valence electrons. The van der Waals surface area contributed by atoms with Gasteiger partial charge in [0.05, 0.1) is 5.56 Å². The second kappa shape index (κ2) is 3.88. The van der Waals surface area contributed by atoms with Crippen LogP contribution < -0.4 is 4.74 Å². The Labute approximate surface area is 82.2 Å². The van der Waals surface area contributed by atoms with Crippen LogP contribution in [-0.4, -0.2) is 11.6 Å². The summed E-state index contributed by atoms with van der Waals surface area (Å²) < 4.78 is 40.2. The quantitative estimate of drug-likeness (QED) is 0.583. The van der Waals surface area contributed by atoms with Gasteiger partial charge < -0.3 is 4.74 Å². The highest BCUT2D eigenvalue weighted by molar-refractivity contribution is 6.20. The molecule has 0 aliphatic rings. The molecule has 0 heterocycles. The maximum absolute atomic E-state index is 12.1. The maximum atomic E-state index is 12.1. The van der Waals surface area contributed by atoms with Crippen LogP contribution in [0.2, 0.25) is 0 Å². The average Bonchev–Trinajstić information content (AvgIpc) is 2.01. The summed E-state index contributed by atoms with van der Waals surface area (Å²) in [6.45, 7) is 0. The maximum Gasteiger partial charge on any atom is 0.487 e. The Kier molecular flexibility index (Phi) is 3.00. The van der Waals surface area contributed by atoms with Gasteiger partial charge in [0.1, 0.15) is 5.75 Å². The molecule has 0 atom stereocenters. The Bertz CT molecular complexity index is 349. The van der Waals surface area contributed by atoms with E-state index in [1.165, 1.54) is 6.07 Å². The van der Waals surface area contributed by atoms with Crippen molar-refractivity contribution in [2.24, 2.45) is 0 Å². The molecule has 0 aromatic heterocycles. The number of carbonyl (C=O) groups excluding carboxylic acids is 1. The molecule has 1 aromatic rings. The SMILES string of the molecule is O=C(F)c1cccc(OC(F)(F)Cl)c1. The number of alkyl halides is 3. The normalized spacial score (nSPS) is 11.1. The molecule has 1 rings (SSSR count). The van der Waals surface area contributed by atoms with Crippen LogP contribution in [0.4, 0.5) is 13.2 Å². The van der Waals surface area contributed by atoms with Crippen molar-refractivity contribution in [2.45, 2.75) is 5.57 Å². The first-order chi connectivity index (χ1) is 6.38. The molecule has 0 fully saturated rings. The fourth-order valence-electron chi connectivity index (χ4n) is 0.815. The molecule has 14 heavy (non-hydrogen) atoms. The van der Waals surface area contributed by atoms with Crippen LogP contribution >= 0.6 is 11.6 Å². The third-order valence-corrected chi connectivity index (χ3v) is 1.37. The highest BCUT2D eigenvalue weighted by Crippen LogP contribution is 2.25. The monoisotopic (exact) mass is 224 g/mol. The van der Waals surface area contributed by atoms with Crippen LogP contribution in [0.5, 0.6) is 5.75 Å². The van der Waals surface area contributed by atoms with E-state index in [0.29, 0.717) is 0 Å². The molecule has 0 amide bonds. The Hall–Kier alpha value is -1.23. The van der Waals surface area contributed by atoms with E-state index in [9.17, 15) is 18.0 Å². The Morgan fingerprint density at radius 3 is 2.57 bits per heavy atom. The first-order valence-electron chi connectivity index (χ1n) is 3.44. The molecule has 0 aliphatic carbocycles. The number of carbonyl (C=O) groups is 1. The number of ether oxygens (including phenoxy) is 1. The van der Waals surface area contributed by atoms with E-state index in [2.05, 4.69) is 16.3 Å². The van der Waals surface area contributed by atoms with Gasteiger partial charge in [-0.1, -0.05) is 6.07 Å². The Balaban J connectivity index is 2.89. The summed E-state index contributed by atoms with van der Waals surface area (Å²) in [4.78, 5) is 10.2. The predicted molar refractivity (Wildman–Crippen MR) is 43.3 cm³/mol. The number of hydrogen-bond donors (Lipinski definition) is 0. The number of halogens is 4. The van der Waals surface area contributed by atoms with E-state index in [0.717, 1.165) is 18.2 Å². The minimum absolute atomic E-state index is 0.372. The molecule has 0 saturated heterocycles. The summed E-state index contributed by atoms with van der Waals surface area (Å²) in [7, 11) is 0. The number of benzene rings is 1. The van der Waals surface area contributed by atoms with E-state index >= 15 is 0 Å². The van der Waals surface area contributed by atoms with Gasteiger partial charge in [0.15, 0.2) is 0 Å². The Morgan fingerprint density at radius 2 is 2.07 bits per heavy atom. The first-order valence-corrected chi connectivity index (χ1v) is 3.82. The summed E-state index contributed by atoms with van der Waals surface area (Å²) >= 11 is 4.47. The summed E-state index contributed by atoms with van der Waals surface area (Å²) in [5.41, 5.74) is -4.25. The molecule has 0 spiro atoms. The lowest BCUT2D eigenvalue weighted by Crippen LogP contribution is -2.15. The van der Waals surface area contributed by atoms with Gasteiger partial charge in [-0.15, -0.1) is 8.78 Å². The van der Waals surface area contributed by atoms with E-state index in [-0.39, 0.29) is 11.3 Å². The predicted octanol–water partition coefficient (Wildman–Crippen LogP) is 2.96. The molecule has 0 N–H and O–H groups in total. The second-order valence-electron chi connectivity index (χ2n) is 2.35. The Morgan fingerprint density at radius 1 is 1.43 bits per heavy atom. The van der Waals surface area contributed by atoms with Gasteiger partial charge in [-0.3, -0.25) is 4.79 Å². The zero-order chi connectivity index (χ0) is 10.8. The largest absolute Gasteiger partial charge is 0.487 e. The molecule has 0 bridgehead atoms. The van der Waals surface area contributed by atoms with Gasteiger partial charge in [-0.2, -0.15) is 4.39 Å². The second-order valence-corrected chi connectivity index (χ2v) is 2.79. The van der Waals surface area contributed by atoms with Gasteiger partial charge in [-0.25, -0.2) is 0 Å². The van der Waals surface area contributed by atoms with Crippen LogP contribution in [0.15, 0.2) is 24.3 Å². The van der Waals surface area contributed by atoms with Crippen LogP contribution in [0.25, 0.3) is 0 Å². The fraction of sp³-hybridized carbons (Fsp3) is 0.125. The van der Waals surface area contributed by atoms with Crippen molar-refractivity contribution in [2.75, 3.05) is 0 Å². The van der Waals surface area contributed by atoms with E-state index in [1.807, 2.05) is 0 Å². The molecular formula is C8H4ClF3O2. The number of rotatable bonds is 3. The highest BCUT2D eigenvalue weighted by Gasteiger charge is 2.27. The van der Waals surface area contributed by atoms with Gasteiger partial charge in [0.25, 0.3) is 0 Å². The molecular weight excluding hydrogens is 221 g/mol. The summed E-state index contributed by atoms with van der Waals surface area (Å²) in [6.07, 6.45) is 0. The van der Waals surface area contributed by atoms with E-state index in [1.54, 1.807) is 0 Å². The lowest BCUT2D eigenvalue weighted by atomic mass is 10.2. The van der Waals surface area contributed by atoms with Crippen molar-refractivity contribution in [1.82, 2.24) is 0 Å². The van der Waals surface area contributed by atoms with E-state index in [4.69, 9.17) is 0 Å². The summed E-state index contributed by atoms with van der Waals surface area (Å²) in [5, 5.41) is 0. The zero-order valence-electron chi connectivity index (χ0n) is 6.64. The average molecular weight is 225 g/mol. The highest BCUT2D eigenvalue weighted by atomic mass is 35.5. The number of hydrogen-bond acceptors (Lipinski definition) is 2. The molecule has 6 heteroatoms. The van der Waals surface area contributed by atoms with Crippen LogP contribution in [0.1, 0.15) is 10.4 Å². The molecule has 0 aliphatic heterocycles. The molecule has 0 radical (unpaired) electrons. The molecule has 2 nitrogen and oxygen atoms in total. The van der Waals surface area contributed by atoms with Crippen molar-refractivity contribution in [3.8, 4) is 5.75 Å². The minimum Gasteiger partial charge on any atom is -0.420 e. The fourth-order valence-corrected chi connectivity index (χ4v) is 0.905. The smallest absolute Gasteiger partial charge is 0.420 e. The third-order valence-electron chi connectivity index (χ3n) is 1.29. The van der Waals surface area contributed by atoms with Gasteiger partial charge >= 0.3 is 11.6 Å². The van der Waals surface area contributed by atoms with Crippen molar-refractivity contribution in [3.05, 3.63) is 29.8 Å². The molecule has 0 unspecified atom stereocenters. The third kappa shape index (κ3) is 3.26. The first kappa shape index (κ1) is 10.8. The van der Waals surface area contributed by atoms with E-state index < -0.39 is 11.6 Å². The van der Waals surface area contributed by atoms with Crippen molar-refractivity contribution in [3.63, 3.8) is 0 Å². The van der Waals surface area contributed by atoms with Crippen molar-refractivity contribution in [1.29, 1.82) is 0 Å². The summed E-state index contributed by atoms with van der Waals surface area (Å²) in [6, 6.07) is 2.56. The standard InChI is InChI=1S/C8H4ClF3O2/c9-8(11,12)14-6-3-1-2-5(4-6)7(10)13/h1-4H. The summed E-state index contributed by atoms with van der Waals surface area (Å²) in [5.74, 6) is -0.381. The van der Waals surface area contributed by atoms with Crippen molar-refractivity contribution < 1.29 is 22.7 Å². The molecule has 0 saturated carbocycles. The lowest BCUT2D eigenvalue weighted by molar-refractivity contribution is -0.0965. The minimum atomic E-state index is -3.88.